The first-order valence-corrected chi connectivity index (χ1v) is 8.61. The number of aromatic amines is 1. The predicted molar refractivity (Wildman–Crippen MR) is 98.9 cm³/mol. The molecule has 0 bridgehead atoms. The third kappa shape index (κ3) is 4.10. The molecule has 1 amide bonds. The van der Waals surface area contributed by atoms with Gasteiger partial charge in [0, 0.05) is 17.8 Å². The van der Waals surface area contributed by atoms with Gasteiger partial charge in [-0.3, -0.25) is 4.79 Å². The summed E-state index contributed by atoms with van der Waals surface area (Å²) < 4.78 is 5.10. The zero-order chi connectivity index (χ0) is 18.6. The standard InChI is InChI=1S/C20H26N2O3/c1-6-18(23)22(16-10-8-13(3)9-11-16)12-17-14(4)19(21-15(17)5)20(24)25-7-2/h8-11,21H,6-7,12H2,1-5H3. The number of ether oxygens (including phenoxy) is 1. The van der Waals surface area contributed by atoms with Crippen LogP contribution in [0, 0.1) is 20.8 Å². The number of anilines is 1. The Balaban J connectivity index is 2.38. The number of esters is 1. The van der Waals surface area contributed by atoms with Crippen molar-refractivity contribution >= 4 is 17.6 Å². The van der Waals surface area contributed by atoms with Gasteiger partial charge < -0.3 is 14.6 Å². The molecule has 0 spiro atoms. The number of nitrogens with one attached hydrogen (secondary N) is 1. The van der Waals surface area contributed by atoms with Crippen molar-refractivity contribution in [3.8, 4) is 0 Å². The van der Waals surface area contributed by atoms with Crippen molar-refractivity contribution < 1.29 is 14.3 Å². The maximum Gasteiger partial charge on any atom is 0.355 e. The van der Waals surface area contributed by atoms with Gasteiger partial charge in [-0.15, -0.1) is 0 Å². The zero-order valence-electron chi connectivity index (χ0n) is 15.6. The molecular formula is C20H26N2O3. The molecule has 5 heteroatoms. The van der Waals surface area contributed by atoms with Crippen molar-refractivity contribution in [2.24, 2.45) is 0 Å². The first kappa shape index (κ1) is 18.8. The van der Waals surface area contributed by atoms with Crippen LogP contribution < -0.4 is 4.90 Å². The van der Waals surface area contributed by atoms with Crippen molar-refractivity contribution in [2.45, 2.75) is 47.6 Å². The quantitative estimate of drug-likeness (QED) is 0.805. The van der Waals surface area contributed by atoms with Crippen LogP contribution in [-0.2, 0) is 16.1 Å². The fraction of sp³-hybridized carbons (Fsp3) is 0.400. The summed E-state index contributed by atoms with van der Waals surface area (Å²) in [5.74, 6) is -0.320. The van der Waals surface area contributed by atoms with Gasteiger partial charge in [0.05, 0.1) is 13.2 Å². The lowest BCUT2D eigenvalue weighted by atomic mass is 10.1. The van der Waals surface area contributed by atoms with Gasteiger partial charge in [0.25, 0.3) is 0 Å². The van der Waals surface area contributed by atoms with Gasteiger partial charge in [0.15, 0.2) is 0 Å². The van der Waals surface area contributed by atoms with E-state index in [1.165, 1.54) is 0 Å². The Kier molecular flexibility index (Phi) is 6.02. The van der Waals surface area contributed by atoms with E-state index in [0.717, 1.165) is 28.1 Å². The highest BCUT2D eigenvalue weighted by Crippen LogP contribution is 2.25. The molecule has 0 radical (unpaired) electrons. The van der Waals surface area contributed by atoms with E-state index in [0.29, 0.717) is 25.3 Å². The number of aryl methyl sites for hydroxylation is 2. The third-order valence-corrected chi connectivity index (χ3v) is 4.34. The van der Waals surface area contributed by atoms with Crippen LogP contribution in [0.15, 0.2) is 24.3 Å². The molecule has 0 fully saturated rings. The van der Waals surface area contributed by atoms with Gasteiger partial charge in [-0.05, 0) is 51.0 Å². The molecule has 0 saturated carbocycles. The normalized spacial score (nSPS) is 10.6. The number of H-pyrrole nitrogens is 1. The first-order valence-electron chi connectivity index (χ1n) is 8.61. The summed E-state index contributed by atoms with van der Waals surface area (Å²) in [6.45, 7) is 10.2. The number of carbonyl (C=O) groups excluding carboxylic acids is 2. The number of hydrogen-bond donors (Lipinski definition) is 1. The van der Waals surface area contributed by atoms with E-state index in [1.54, 1.807) is 11.8 Å². The smallest absolute Gasteiger partial charge is 0.355 e. The maximum atomic E-state index is 12.5. The van der Waals surface area contributed by atoms with Crippen molar-refractivity contribution in [1.82, 2.24) is 4.98 Å². The second-order valence-corrected chi connectivity index (χ2v) is 6.12. The van der Waals surface area contributed by atoms with Crippen LogP contribution in [-0.4, -0.2) is 23.5 Å². The topological polar surface area (TPSA) is 62.4 Å². The van der Waals surface area contributed by atoms with Gasteiger partial charge in [-0.25, -0.2) is 4.79 Å². The largest absolute Gasteiger partial charge is 0.461 e. The minimum atomic E-state index is -0.363. The average molecular weight is 342 g/mol. The summed E-state index contributed by atoms with van der Waals surface area (Å²) in [5, 5.41) is 0. The fourth-order valence-electron chi connectivity index (χ4n) is 2.83. The minimum Gasteiger partial charge on any atom is -0.461 e. The number of hydrogen-bond acceptors (Lipinski definition) is 3. The van der Waals surface area contributed by atoms with E-state index in [-0.39, 0.29) is 11.9 Å². The molecule has 0 unspecified atom stereocenters. The lowest BCUT2D eigenvalue weighted by Gasteiger charge is -2.23. The summed E-state index contributed by atoms with van der Waals surface area (Å²) >= 11 is 0. The molecule has 134 valence electrons. The van der Waals surface area contributed by atoms with Crippen LogP contribution in [0.5, 0.6) is 0 Å². The van der Waals surface area contributed by atoms with Crippen LogP contribution in [0.1, 0.15) is 53.1 Å². The monoisotopic (exact) mass is 342 g/mol. The molecule has 1 aromatic carbocycles. The van der Waals surface area contributed by atoms with Crippen molar-refractivity contribution in [1.29, 1.82) is 0 Å². The summed E-state index contributed by atoms with van der Waals surface area (Å²) in [6, 6.07) is 7.89. The molecule has 0 atom stereocenters. The molecular weight excluding hydrogens is 316 g/mol. The van der Waals surface area contributed by atoms with Gasteiger partial charge >= 0.3 is 5.97 Å². The first-order chi connectivity index (χ1) is 11.9. The number of nitrogens with zero attached hydrogens (tertiary/aromatic N) is 1. The fourth-order valence-corrected chi connectivity index (χ4v) is 2.83. The van der Waals surface area contributed by atoms with E-state index in [4.69, 9.17) is 4.74 Å². The van der Waals surface area contributed by atoms with Gasteiger partial charge in [0.2, 0.25) is 5.91 Å². The Labute approximate surface area is 149 Å². The minimum absolute atomic E-state index is 0.0431. The van der Waals surface area contributed by atoms with Crippen LogP contribution in [0.4, 0.5) is 5.69 Å². The Morgan fingerprint density at radius 3 is 2.28 bits per heavy atom. The second kappa shape index (κ2) is 8.01. The highest BCUT2D eigenvalue weighted by atomic mass is 16.5. The molecule has 0 aliphatic heterocycles. The van der Waals surface area contributed by atoms with E-state index in [2.05, 4.69) is 4.98 Å². The van der Waals surface area contributed by atoms with Crippen molar-refractivity contribution in [2.75, 3.05) is 11.5 Å². The lowest BCUT2D eigenvalue weighted by molar-refractivity contribution is -0.118. The van der Waals surface area contributed by atoms with Crippen LogP contribution in [0.3, 0.4) is 0 Å². The molecule has 2 aromatic rings. The van der Waals surface area contributed by atoms with Crippen LogP contribution in [0.25, 0.3) is 0 Å². The Morgan fingerprint density at radius 1 is 1.08 bits per heavy atom. The van der Waals surface area contributed by atoms with Crippen molar-refractivity contribution in [3.63, 3.8) is 0 Å². The third-order valence-electron chi connectivity index (χ3n) is 4.34. The van der Waals surface area contributed by atoms with Crippen molar-refractivity contribution in [3.05, 3.63) is 52.3 Å². The molecule has 0 saturated heterocycles. The molecule has 0 aliphatic carbocycles. The average Bonchev–Trinajstić information content (AvgIpc) is 2.88. The van der Waals surface area contributed by atoms with Gasteiger partial charge in [-0.2, -0.15) is 0 Å². The number of benzene rings is 1. The highest BCUT2D eigenvalue weighted by Gasteiger charge is 2.22. The number of aromatic nitrogens is 1. The van der Waals surface area contributed by atoms with Gasteiger partial charge in [0.1, 0.15) is 5.69 Å². The molecule has 1 aromatic heterocycles. The molecule has 1 heterocycles. The second-order valence-electron chi connectivity index (χ2n) is 6.12. The van der Waals surface area contributed by atoms with Gasteiger partial charge in [-0.1, -0.05) is 24.6 Å². The molecule has 0 aliphatic rings. The highest BCUT2D eigenvalue weighted by molar-refractivity contribution is 5.94. The van der Waals surface area contributed by atoms with Crippen LogP contribution in [0.2, 0.25) is 0 Å². The summed E-state index contributed by atoms with van der Waals surface area (Å²) in [6.07, 6.45) is 0.418. The van der Waals surface area contributed by atoms with E-state index in [9.17, 15) is 9.59 Å². The SMILES string of the molecule is CCOC(=O)c1[nH]c(C)c(CN(C(=O)CC)c2ccc(C)cc2)c1C. The Hall–Kier alpha value is -2.56. The number of rotatable bonds is 6. The number of carbonyl (C=O) groups is 2. The zero-order valence-corrected chi connectivity index (χ0v) is 15.6. The predicted octanol–water partition coefficient (Wildman–Crippen LogP) is 4.06. The van der Waals surface area contributed by atoms with E-state index < -0.39 is 0 Å². The molecule has 1 N–H and O–H groups in total. The summed E-state index contributed by atoms with van der Waals surface area (Å²) in [4.78, 5) is 29.4. The molecule has 5 nitrogen and oxygen atoms in total. The Bertz CT molecular complexity index is 760. The lowest BCUT2D eigenvalue weighted by Crippen LogP contribution is -2.30. The van der Waals surface area contributed by atoms with E-state index in [1.807, 2.05) is 52.0 Å². The molecule has 2 rings (SSSR count). The Morgan fingerprint density at radius 2 is 1.72 bits per heavy atom. The summed E-state index contributed by atoms with van der Waals surface area (Å²) in [7, 11) is 0. The maximum absolute atomic E-state index is 12.5. The summed E-state index contributed by atoms with van der Waals surface area (Å²) in [5.41, 5.74) is 5.12. The van der Waals surface area contributed by atoms with E-state index >= 15 is 0 Å². The molecule has 25 heavy (non-hydrogen) atoms. The van der Waals surface area contributed by atoms with Crippen LogP contribution >= 0.6 is 0 Å². The number of amides is 1.